The number of rotatable bonds is 6. The van der Waals surface area contributed by atoms with Gasteiger partial charge in [0, 0.05) is 45.8 Å². The van der Waals surface area contributed by atoms with Crippen molar-refractivity contribution in [2.75, 3.05) is 37.6 Å². The van der Waals surface area contributed by atoms with E-state index >= 15 is 0 Å². The first-order valence-electron chi connectivity index (χ1n) is 16.1. The normalized spacial score (nSPS) is 17.7. The summed E-state index contributed by atoms with van der Waals surface area (Å²) < 4.78 is 47.1. The predicted molar refractivity (Wildman–Crippen MR) is 174 cm³/mol. The van der Waals surface area contributed by atoms with Crippen molar-refractivity contribution >= 4 is 23.9 Å². The zero-order chi connectivity index (χ0) is 34.8. The largest absolute Gasteiger partial charge is 0.444 e. The molecule has 3 amide bonds. The average Bonchev–Trinajstić information content (AvgIpc) is 3.54. The lowest BCUT2D eigenvalue weighted by Gasteiger charge is -2.34. The van der Waals surface area contributed by atoms with E-state index in [9.17, 15) is 27.6 Å². The van der Waals surface area contributed by atoms with Crippen molar-refractivity contribution in [1.29, 1.82) is 0 Å². The molecule has 13 heteroatoms. The Morgan fingerprint density at radius 3 is 2.27 bits per heavy atom. The van der Waals surface area contributed by atoms with Crippen LogP contribution in [0.15, 0.2) is 54.7 Å². The maximum Gasteiger partial charge on any atom is 0.416 e. The molecule has 5 rings (SSSR count). The highest BCUT2D eigenvalue weighted by atomic mass is 19.4. The van der Waals surface area contributed by atoms with Crippen LogP contribution in [0.2, 0.25) is 0 Å². The van der Waals surface area contributed by atoms with Gasteiger partial charge in [0.15, 0.2) is 0 Å². The van der Waals surface area contributed by atoms with E-state index in [0.29, 0.717) is 68.2 Å². The lowest BCUT2D eigenvalue weighted by atomic mass is 9.91. The van der Waals surface area contributed by atoms with Crippen LogP contribution in [0.5, 0.6) is 0 Å². The number of hydrogen-bond acceptors (Lipinski definition) is 7. The molecule has 2 atom stereocenters. The zero-order valence-electron chi connectivity index (χ0n) is 27.8. The van der Waals surface area contributed by atoms with Crippen molar-refractivity contribution in [3.05, 3.63) is 77.1 Å². The minimum absolute atomic E-state index is 0.0136. The molecule has 2 aromatic carbocycles. The Labute approximate surface area is 278 Å². The van der Waals surface area contributed by atoms with Crippen LogP contribution in [-0.4, -0.2) is 76.0 Å². The highest BCUT2D eigenvalue weighted by molar-refractivity contribution is 5.92. The summed E-state index contributed by atoms with van der Waals surface area (Å²) in [5.74, 6) is 0.0214. The van der Waals surface area contributed by atoms with Crippen molar-refractivity contribution < 1.29 is 32.3 Å². The van der Waals surface area contributed by atoms with Crippen LogP contribution in [0, 0.1) is 0 Å². The van der Waals surface area contributed by atoms with Crippen molar-refractivity contribution in [1.82, 2.24) is 25.1 Å². The first-order chi connectivity index (χ1) is 22.6. The van der Waals surface area contributed by atoms with E-state index < -0.39 is 41.4 Å². The smallest absolute Gasteiger partial charge is 0.416 e. The van der Waals surface area contributed by atoms with Crippen molar-refractivity contribution in [2.24, 2.45) is 0 Å². The van der Waals surface area contributed by atoms with E-state index in [4.69, 9.17) is 4.74 Å². The van der Waals surface area contributed by atoms with Gasteiger partial charge in [-0.15, -0.1) is 0 Å². The van der Waals surface area contributed by atoms with Crippen LogP contribution in [0.3, 0.4) is 0 Å². The minimum Gasteiger partial charge on any atom is -0.444 e. The van der Waals surface area contributed by atoms with Gasteiger partial charge >= 0.3 is 12.3 Å². The molecule has 1 unspecified atom stereocenters. The second kappa shape index (κ2) is 13.8. The minimum atomic E-state index is -4.55. The second-order valence-electron chi connectivity index (χ2n) is 13.2. The first-order valence-corrected chi connectivity index (χ1v) is 16.1. The molecule has 0 bridgehead atoms. The Kier molecular flexibility index (Phi) is 9.97. The summed E-state index contributed by atoms with van der Waals surface area (Å²) in [6, 6.07) is 11.3. The Hall–Kier alpha value is -4.68. The van der Waals surface area contributed by atoms with Gasteiger partial charge in [-0.2, -0.15) is 13.2 Å². The van der Waals surface area contributed by atoms with Crippen molar-refractivity contribution in [3.63, 3.8) is 0 Å². The van der Waals surface area contributed by atoms with Crippen LogP contribution >= 0.6 is 0 Å². The molecule has 2 saturated heterocycles. The van der Waals surface area contributed by atoms with Crippen LogP contribution in [-0.2, 0) is 15.7 Å². The van der Waals surface area contributed by atoms with Gasteiger partial charge in [-0.1, -0.05) is 30.3 Å². The van der Waals surface area contributed by atoms with E-state index in [1.165, 1.54) is 25.3 Å². The fourth-order valence-electron chi connectivity index (χ4n) is 6.06. The summed E-state index contributed by atoms with van der Waals surface area (Å²) in [5, 5.41) is 2.94. The van der Waals surface area contributed by atoms with Crippen LogP contribution in [0.4, 0.5) is 23.9 Å². The number of amides is 3. The van der Waals surface area contributed by atoms with E-state index in [-0.39, 0.29) is 11.6 Å². The Morgan fingerprint density at radius 1 is 0.958 bits per heavy atom. The Balaban J connectivity index is 1.33. The summed E-state index contributed by atoms with van der Waals surface area (Å²) in [5.41, 5.74) is 0.993. The number of hydrogen-bond donors (Lipinski definition) is 1. The summed E-state index contributed by atoms with van der Waals surface area (Å²) in [6.07, 6.45) is -2.23. The van der Waals surface area contributed by atoms with Gasteiger partial charge in [-0.05, 0) is 81.0 Å². The summed E-state index contributed by atoms with van der Waals surface area (Å²) >= 11 is 0. The lowest BCUT2D eigenvalue weighted by molar-refractivity contribution is -0.137. The molecule has 1 aromatic heterocycles. The van der Waals surface area contributed by atoms with Gasteiger partial charge in [-0.3, -0.25) is 9.59 Å². The van der Waals surface area contributed by atoms with Gasteiger partial charge in [0.2, 0.25) is 11.9 Å². The molecule has 1 N–H and O–H groups in total. The number of anilines is 1. The molecule has 2 aliphatic rings. The molecule has 0 radical (unpaired) electrons. The standard InChI is InChI=1S/C35H41F3N6O4/c1-22(40-31(46)29-14-15-39-32(41-29)43-19-17-42(18-20-43)23(2)45)24-8-10-25(11-9-24)28-21-26(35(36,37)38)12-13-27(28)30-7-6-16-44(30)33(47)48-34(3,4)5/h8-15,21-22,30H,6-7,16-20H2,1-5H3,(H,40,46)/t22-,30?/m1/s1. The zero-order valence-corrected chi connectivity index (χ0v) is 27.8. The highest BCUT2D eigenvalue weighted by Gasteiger charge is 2.37. The fourth-order valence-corrected chi connectivity index (χ4v) is 6.06. The van der Waals surface area contributed by atoms with Gasteiger partial charge in [0.05, 0.1) is 17.6 Å². The molecule has 2 fully saturated rings. The molecule has 3 aromatic rings. The SMILES string of the molecule is CC(=O)N1CCN(c2nccc(C(=O)N[C@H](C)c3ccc(-c4cc(C(F)(F)F)ccc4C4CCCN4C(=O)OC(C)(C)C)cc3)n2)CC1. The maximum absolute atomic E-state index is 13.8. The molecule has 10 nitrogen and oxygen atoms in total. The number of likely N-dealkylation sites (tertiary alicyclic amines) is 1. The van der Waals surface area contributed by atoms with Gasteiger partial charge < -0.3 is 24.8 Å². The van der Waals surface area contributed by atoms with Crippen LogP contribution < -0.4 is 10.2 Å². The van der Waals surface area contributed by atoms with E-state index in [0.717, 1.165) is 17.7 Å². The molecule has 256 valence electrons. The Bertz CT molecular complexity index is 1650. The third-order valence-corrected chi connectivity index (χ3v) is 8.57. The third kappa shape index (κ3) is 8.06. The fraction of sp³-hybridized carbons (Fsp3) is 0.457. The topological polar surface area (TPSA) is 108 Å². The monoisotopic (exact) mass is 666 g/mol. The van der Waals surface area contributed by atoms with Gasteiger partial charge in [0.1, 0.15) is 11.3 Å². The third-order valence-electron chi connectivity index (χ3n) is 8.57. The molecule has 2 aliphatic heterocycles. The van der Waals surface area contributed by atoms with E-state index in [2.05, 4.69) is 15.3 Å². The Morgan fingerprint density at radius 2 is 1.65 bits per heavy atom. The van der Waals surface area contributed by atoms with Crippen LogP contribution in [0.25, 0.3) is 11.1 Å². The first kappa shape index (κ1) is 34.6. The average molecular weight is 667 g/mol. The highest BCUT2D eigenvalue weighted by Crippen LogP contribution is 2.41. The lowest BCUT2D eigenvalue weighted by Crippen LogP contribution is -2.48. The number of nitrogens with zero attached hydrogens (tertiary/aromatic N) is 5. The number of piperazine rings is 1. The van der Waals surface area contributed by atoms with E-state index in [1.54, 1.807) is 54.8 Å². The number of carbonyl (C=O) groups is 3. The van der Waals surface area contributed by atoms with Gasteiger partial charge in [0.25, 0.3) is 5.91 Å². The number of halogens is 3. The van der Waals surface area contributed by atoms with Crippen molar-refractivity contribution in [2.45, 2.75) is 71.3 Å². The summed E-state index contributed by atoms with van der Waals surface area (Å²) in [7, 11) is 0. The molecule has 0 aliphatic carbocycles. The van der Waals surface area contributed by atoms with E-state index in [1.807, 2.05) is 11.8 Å². The molecular weight excluding hydrogens is 625 g/mol. The number of aromatic nitrogens is 2. The number of benzene rings is 2. The molecule has 0 spiro atoms. The second-order valence-corrected chi connectivity index (χ2v) is 13.2. The van der Waals surface area contributed by atoms with Crippen molar-refractivity contribution in [3.8, 4) is 11.1 Å². The molecular formula is C35H41F3N6O4. The molecule has 3 heterocycles. The number of ether oxygens (including phenoxy) is 1. The molecule has 48 heavy (non-hydrogen) atoms. The quantitative estimate of drug-likeness (QED) is 0.325. The maximum atomic E-state index is 13.8. The summed E-state index contributed by atoms with van der Waals surface area (Å²) in [4.78, 5) is 51.9. The number of carbonyl (C=O) groups excluding carboxylic acids is 3. The summed E-state index contributed by atoms with van der Waals surface area (Å²) in [6.45, 7) is 11.3. The number of alkyl halides is 3. The van der Waals surface area contributed by atoms with Gasteiger partial charge in [-0.25, -0.2) is 14.8 Å². The van der Waals surface area contributed by atoms with Crippen LogP contribution in [0.1, 0.15) is 86.7 Å². The number of nitrogens with one attached hydrogen (secondary N) is 1. The predicted octanol–water partition coefficient (Wildman–Crippen LogP) is 6.39. The molecule has 0 saturated carbocycles.